The van der Waals surface area contributed by atoms with E-state index in [-0.39, 0.29) is 0 Å². The average molecular weight is 247 g/mol. The molecule has 2 unspecified atom stereocenters. The number of ether oxygens (including phenoxy) is 1. The molecular weight excluding hydrogens is 222 g/mol. The molecule has 1 aliphatic rings. The number of rotatable bonds is 3. The van der Waals surface area contributed by atoms with Crippen molar-refractivity contribution >= 4 is 0 Å². The lowest BCUT2D eigenvalue weighted by Crippen LogP contribution is -2.21. The van der Waals surface area contributed by atoms with Gasteiger partial charge >= 0.3 is 0 Å². The molecule has 0 amide bonds. The van der Waals surface area contributed by atoms with Crippen LogP contribution in [-0.4, -0.2) is 13.7 Å². The van der Waals surface area contributed by atoms with Gasteiger partial charge in [0, 0.05) is 0 Å². The molecule has 2 rings (SSSR count). The van der Waals surface area contributed by atoms with Crippen molar-refractivity contribution in [3.05, 3.63) is 29.3 Å². The fourth-order valence-electron chi connectivity index (χ4n) is 3.22. The van der Waals surface area contributed by atoms with Gasteiger partial charge in [-0.05, 0) is 49.8 Å². The highest BCUT2D eigenvalue weighted by atomic mass is 16.5. The van der Waals surface area contributed by atoms with Gasteiger partial charge in [0.25, 0.3) is 0 Å². The number of benzene rings is 1. The highest BCUT2D eigenvalue weighted by Gasteiger charge is 2.26. The summed E-state index contributed by atoms with van der Waals surface area (Å²) in [7, 11) is 1.77. The summed E-state index contributed by atoms with van der Waals surface area (Å²) in [6.45, 7) is 2.94. The topological polar surface area (TPSA) is 35.2 Å². The van der Waals surface area contributed by atoms with Crippen LogP contribution in [0.25, 0.3) is 0 Å². The lowest BCUT2D eigenvalue weighted by molar-refractivity contribution is 0.371. The molecule has 1 aromatic rings. The van der Waals surface area contributed by atoms with Crippen LogP contribution in [-0.2, 0) is 0 Å². The molecule has 1 fully saturated rings. The predicted molar refractivity (Wildman–Crippen MR) is 76.1 cm³/mol. The summed E-state index contributed by atoms with van der Waals surface area (Å²) in [6.07, 6.45) is 6.51. The maximum atomic E-state index is 5.99. The molecule has 2 N–H and O–H groups in total. The van der Waals surface area contributed by atoms with Crippen LogP contribution in [0.15, 0.2) is 18.2 Å². The Morgan fingerprint density at radius 1 is 1.22 bits per heavy atom. The van der Waals surface area contributed by atoms with Crippen molar-refractivity contribution < 1.29 is 4.74 Å². The molecule has 0 aliphatic heterocycles. The van der Waals surface area contributed by atoms with Crippen molar-refractivity contribution in [2.24, 2.45) is 11.7 Å². The van der Waals surface area contributed by atoms with Crippen LogP contribution in [0.2, 0.25) is 0 Å². The first-order chi connectivity index (χ1) is 8.76. The van der Waals surface area contributed by atoms with Crippen LogP contribution >= 0.6 is 0 Å². The first-order valence-corrected chi connectivity index (χ1v) is 7.11. The van der Waals surface area contributed by atoms with Crippen LogP contribution in [0.4, 0.5) is 0 Å². The van der Waals surface area contributed by atoms with Gasteiger partial charge in [-0.15, -0.1) is 0 Å². The van der Waals surface area contributed by atoms with Crippen molar-refractivity contribution in [1.82, 2.24) is 0 Å². The Morgan fingerprint density at radius 2 is 2.00 bits per heavy atom. The minimum atomic E-state index is 0.576. The standard InChI is InChI=1S/C16H25NO/c1-12-8-9-16(18-2)15(10-12)14-7-5-3-4-6-13(14)11-17/h8-10,13-14H,3-7,11,17H2,1-2H3. The summed E-state index contributed by atoms with van der Waals surface area (Å²) in [5.74, 6) is 2.22. The van der Waals surface area contributed by atoms with Gasteiger partial charge < -0.3 is 10.5 Å². The summed E-state index contributed by atoms with van der Waals surface area (Å²) in [4.78, 5) is 0. The fraction of sp³-hybridized carbons (Fsp3) is 0.625. The van der Waals surface area contributed by atoms with E-state index in [9.17, 15) is 0 Å². The molecule has 1 saturated carbocycles. The highest BCUT2D eigenvalue weighted by molar-refractivity contribution is 5.40. The van der Waals surface area contributed by atoms with Gasteiger partial charge in [-0.25, -0.2) is 0 Å². The third kappa shape index (κ3) is 2.86. The summed E-state index contributed by atoms with van der Waals surface area (Å²) < 4.78 is 5.55. The van der Waals surface area contributed by atoms with Gasteiger partial charge in [-0.2, -0.15) is 0 Å². The Morgan fingerprint density at radius 3 is 2.72 bits per heavy atom. The monoisotopic (exact) mass is 247 g/mol. The molecule has 1 aliphatic carbocycles. The Kier molecular flexibility index (Phi) is 4.65. The lowest BCUT2D eigenvalue weighted by atomic mass is 9.81. The second-order valence-electron chi connectivity index (χ2n) is 5.49. The number of hydrogen-bond acceptors (Lipinski definition) is 2. The normalized spacial score (nSPS) is 24.6. The van der Waals surface area contributed by atoms with E-state index in [0.29, 0.717) is 11.8 Å². The van der Waals surface area contributed by atoms with Crippen molar-refractivity contribution in [3.63, 3.8) is 0 Å². The zero-order chi connectivity index (χ0) is 13.0. The fourth-order valence-corrected chi connectivity index (χ4v) is 3.22. The van der Waals surface area contributed by atoms with Crippen LogP contribution in [0, 0.1) is 12.8 Å². The Balaban J connectivity index is 2.34. The highest BCUT2D eigenvalue weighted by Crippen LogP contribution is 2.40. The van der Waals surface area contributed by atoms with E-state index in [0.717, 1.165) is 12.3 Å². The average Bonchev–Trinajstić information content (AvgIpc) is 2.63. The number of nitrogens with two attached hydrogens (primary N) is 1. The first kappa shape index (κ1) is 13.4. The molecule has 0 saturated heterocycles. The number of methoxy groups -OCH3 is 1. The molecule has 0 spiro atoms. The van der Waals surface area contributed by atoms with Gasteiger partial charge in [0.05, 0.1) is 7.11 Å². The molecule has 1 aromatic carbocycles. The summed E-state index contributed by atoms with van der Waals surface area (Å²) in [6, 6.07) is 6.51. The van der Waals surface area contributed by atoms with E-state index in [1.54, 1.807) is 7.11 Å². The maximum Gasteiger partial charge on any atom is 0.122 e. The van der Waals surface area contributed by atoms with Crippen molar-refractivity contribution in [2.75, 3.05) is 13.7 Å². The van der Waals surface area contributed by atoms with Crippen LogP contribution in [0.5, 0.6) is 5.75 Å². The van der Waals surface area contributed by atoms with Crippen LogP contribution in [0.3, 0.4) is 0 Å². The summed E-state index contributed by atoms with van der Waals surface area (Å²) >= 11 is 0. The Labute approximate surface area is 111 Å². The molecule has 0 bridgehead atoms. The van der Waals surface area contributed by atoms with E-state index in [1.165, 1.54) is 43.2 Å². The van der Waals surface area contributed by atoms with E-state index >= 15 is 0 Å². The molecule has 2 nitrogen and oxygen atoms in total. The SMILES string of the molecule is COc1ccc(C)cc1C1CCCCCC1CN. The van der Waals surface area contributed by atoms with Crippen LogP contribution in [0.1, 0.15) is 49.1 Å². The molecule has 100 valence electrons. The second kappa shape index (κ2) is 6.24. The zero-order valence-electron chi connectivity index (χ0n) is 11.6. The molecule has 0 heterocycles. The van der Waals surface area contributed by atoms with Crippen molar-refractivity contribution in [1.29, 1.82) is 0 Å². The number of hydrogen-bond donors (Lipinski definition) is 1. The Hall–Kier alpha value is -1.02. The van der Waals surface area contributed by atoms with E-state index in [4.69, 9.17) is 10.5 Å². The first-order valence-electron chi connectivity index (χ1n) is 7.11. The lowest BCUT2D eigenvalue weighted by Gasteiger charge is -2.26. The largest absolute Gasteiger partial charge is 0.496 e. The molecular formula is C16H25NO. The third-order valence-electron chi connectivity index (χ3n) is 4.25. The van der Waals surface area contributed by atoms with Gasteiger partial charge in [0.2, 0.25) is 0 Å². The minimum Gasteiger partial charge on any atom is -0.496 e. The quantitative estimate of drug-likeness (QED) is 0.828. The molecule has 2 heteroatoms. The van der Waals surface area contributed by atoms with E-state index < -0.39 is 0 Å². The summed E-state index contributed by atoms with van der Waals surface area (Å²) in [5, 5.41) is 0. The minimum absolute atomic E-state index is 0.576. The predicted octanol–water partition coefficient (Wildman–Crippen LogP) is 3.63. The number of aryl methyl sites for hydroxylation is 1. The van der Waals surface area contributed by atoms with Gasteiger partial charge in [-0.3, -0.25) is 0 Å². The second-order valence-corrected chi connectivity index (χ2v) is 5.49. The molecule has 0 aromatic heterocycles. The van der Waals surface area contributed by atoms with E-state index in [1.807, 2.05) is 0 Å². The zero-order valence-corrected chi connectivity index (χ0v) is 11.6. The molecule has 0 radical (unpaired) electrons. The van der Waals surface area contributed by atoms with Gasteiger partial charge in [0.15, 0.2) is 0 Å². The molecule has 18 heavy (non-hydrogen) atoms. The van der Waals surface area contributed by atoms with Gasteiger partial charge in [-0.1, -0.05) is 37.0 Å². The van der Waals surface area contributed by atoms with Crippen molar-refractivity contribution in [3.8, 4) is 5.75 Å². The van der Waals surface area contributed by atoms with Crippen LogP contribution < -0.4 is 10.5 Å². The van der Waals surface area contributed by atoms with Gasteiger partial charge in [0.1, 0.15) is 5.75 Å². The van der Waals surface area contributed by atoms with Crippen molar-refractivity contribution in [2.45, 2.75) is 44.9 Å². The third-order valence-corrected chi connectivity index (χ3v) is 4.25. The summed E-state index contributed by atoms with van der Waals surface area (Å²) in [5.41, 5.74) is 8.67. The molecule has 2 atom stereocenters. The van der Waals surface area contributed by atoms with E-state index in [2.05, 4.69) is 25.1 Å². The maximum absolute atomic E-state index is 5.99. The Bertz CT molecular complexity index is 389. The smallest absolute Gasteiger partial charge is 0.122 e.